The highest BCUT2D eigenvalue weighted by molar-refractivity contribution is 7.20. The van der Waals surface area contributed by atoms with Crippen LogP contribution in [0.3, 0.4) is 0 Å². The van der Waals surface area contributed by atoms with Gasteiger partial charge in [-0.2, -0.15) is 4.52 Å². The normalized spacial score (nSPS) is 15.8. The van der Waals surface area contributed by atoms with E-state index in [1.165, 1.54) is 22.0 Å². The first kappa shape index (κ1) is 16.9. The molecule has 1 amide bonds. The van der Waals surface area contributed by atoms with Crippen molar-refractivity contribution in [1.29, 1.82) is 0 Å². The number of nitrogens with one attached hydrogen (secondary N) is 1. The number of fused-ring (bicyclic) bond motifs is 1. The molecule has 3 rings (SSSR count). The van der Waals surface area contributed by atoms with Gasteiger partial charge in [-0.05, 0) is 25.2 Å². The Balaban J connectivity index is 1.84. The predicted molar refractivity (Wildman–Crippen MR) is 95.0 cm³/mol. The lowest BCUT2D eigenvalue weighted by molar-refractivity contribution is 0.0951. The quantitative estimate of drug-likeness (QED) is 0.834. The van der Waals surface area contributed by atoms with Gasteiger partial charge in [0, 0.05) is 25.8 Å². The fourth-order valence-electron chi connectivity index (χ4n) is 2.73. The van der Waals surface area contributed by atoms with Gasteiger partial charge >= 0.3 is 0 Å². The summed E-state index contributed by atoms with van der Waals surface area (Å²) < 4.78 is 1.26. The number of rotatable bonds is 5. The largest absolute Gasteiger partial charge is 0.352 e. The number of piperidine rings is 1. The monoisotopic (exact) mass is 349 g/mol. The summed E-state index contributed by atoms with van der Waals surface area (Å²) in [6.45, 7) is 6.75. The Morgan fingerprint density at radius 1 is 1.42 bits per heavy atom. The van der Waals surface area contributed by atoms with E-state index < -0.39 is 5.56 Å². The van der Waals surface area contributed by atoms with E-state index in [1.807, 2.05) is 6.92 Å². The summed E-state index contributed by atoms with van der Waals surface area (Å²) in [4.78, 5) is 31.6. The molecule has 3 heterocycles. The summed E-state index contributed by atoms with van der Waals surface area (Å²) in [6.07, 6.45) is 5.49. The number of carbonyl (C=O) groups excluding carboxylic acids is 1. The van der Waals surface area contributed by atoms with Gasteiger partial charge in [0.15, 0.2) is 0 Å². The molecule has 0 bridgehead atoms. The van der Waals surface area contributed by atoms with Crippen molar-refractivity contribution >= 4 is 27.3 Å². The summed E-state index contributed by atoms with van der Waals surface area (Å²) in [5, 5.41) is 7.96. The lowest BCUT2D eigenvalue weighted by Gasteiger charge is -2.29. The molecule has 24 heavy (non-hydrogen) atoms. The molecule has 2 aromatic heterocycles. The zero-order valence-corrected chi connectivity index (χ0v) is 14.9. The minimum absolute atomic E-state index is 0.0488. The molecular weight excluding hydrogens is 326 g/mol. The lowest BCUT2D eigenvalue weighted by atomic mass is 10.00. The van der Waals surface area contributed by atoms with Gasteiger partial charge in [0.25, 0.3) is 11.5 Å². The van der Waals surface area contributed by atoms with Crippen LogP contribution in [0.1, 0.15) is 49.9 Å². The molecular formula is C16H23N5O2S. The Labute approximate surface area is 144 Å². The van der Waals surface area contributed by atoms with E-state index in [9.17, 15) is 9.59 Å². The van der Waals surface area contributed by atoms with Crippen molar-refractivity contribution in [2.45, 2.75) is 39.5 Å². The average molecular weight is 349 g/mol. The Morgan fingerprint density at radius 3 is 2.88 bits per heavy atom. The smallest absolute Gasteiger partial charge is 0.288 e. The average Bonchev–Trinajstić information content (AvgIpc) is 3.01. The van der Waals surface area contributed by atoms with E-state index in [0.29, 0.717) is 11.5 Å². The predicted octanol–water partition coefficient (Wildman–Crippen LogP) is 1.92. The number of anilines is 1. The molecule has 1 aliphatic rings. The molecule has 2 aromatic rings. The molecule has 1 N–H and O–H groups in total. The lowest BCUT2D eigenvalue weighted by Crippen LogP contribution is -2.33. The number of amides is 1. The molecule has 1 saturated heterocycles. The summed E-state index contributed by atoms with van der Waals surface area (Å²) in [5.74, 6) is 0.353. The zero-order chi connectivity index (χ0) is 17.1. The topological polar surface area (TPSA) is 79.6 Å². The summed E-state index contributed by atoms with van der Waals surface area (Å²) in [7, 11) is 0. The minimum atomic E-state index is -0.401. The molecule has 0 spiro atoms. The third-order valence-electron chi connectivity index (χ3n) is 4.39. The van der Waals surface area contributed by atoms with Crippen molar-refractivity contribution in [2.24, 2.45) is 5.92 Å². The maximum atomic E-state index is 12.5. The maximum absolute atomic E-state index is 12.5. The molecule has 1 aliphatic heterocycles. The Kier molecular flexibility index (Phi) is 5.13. The zero-order valence-electron chi connectivity index (χ0n) is 14.1. The van der Waals surface area contributed by atoms with E-state index in [2.05, 4.69) is 27.2 Å². The second-order valence-corrected chi connectivity index (χ2v) is 7.27. The van der Waals surface area contributed by atoms with E-state index in [0.717, 1.165) is 49.8 Å². The summed E-state index contributed by atoms with van der Waals surface area (Å²) in [5.41, 5.74) is -0.352. The Bertz CT molecular complexity index is 776. The molecule has 130 valence electrons. The van der Waals surface area contributed by atoms with Crippen LogP contribution in [0.25, 0.3) is 4.96 Å². The minimum Gasteiger partial charge on any atom is -0.352 e. The third-order valence-corrected chi connectivity index (χ3v) is 5.37. The highest BCUT2D eigenvalue weighted by atomic mass is 32.1. The second-order valence-electron chi connectivity index (χ2n) is 6.34. The first-order valence-electron chi connectivity index (χ1n) is 8.52. The first-order valence-corrected chi connectivity index (χ1v) is 9.33. The third kappa shape index (κ3) is 3.43. The standard InChI is InChI=1S/C16H23N5O2S/c1-3-4-7-17-13(22)12-10-18-15-21(14(12)23)19-16(24-15)20-8-5-11(2)6-9-20/h10-11H,3-9H2,1-2H3,(H,17,22). The molecule has 0 aliphatic carbocycles. The van der Waals surface area contributed by atoms with Crippen LogP contribution in [0.5, 0.6) is 0 Å². The molecule has 0 atom stereocenters. The highest BCUT2D eigenvalue weighted by Crippen LogP contribution is 2.26. The van der Waals surface area contributed by atoms with Gasteiger partial charge in [0.1, 0.15) is 5.56 Å². The van der Waals surface area contributed by atoms with Gasteiger partial charge in [-0.1, -0.05) is 31.6 Å². The van der Waals surface area contributed by atoms with Crippen LogP contribution in [0.15, 0.2) is 11.0 Å². The van der Waals surface area contributed by atoms with Gasteiger partial charge in [0.2, 0.25) is 10.1 Å². The molecule has 0 unspecified atom stereocenters. The van der Waals surface area contributed by atoms with Crippen LogP contribution in [0, 0.1) is 5.92 Å². The Hall–Kier alpha value is -1.96. The van der Waals surface area contributed by atoms with Crippen molar-refractivity contribution < 1.29 is 4.79 Å². The van der Waals surface area contributed by atoms with E-state index in [1.54, 1.807) is 0 Å². The van der Waals surface area contributed by atoms with E-state index in [4.69, 9.17) is 0 Å². The molecule has 7 nitrogen and oxygen atoms in total. The van der Waals surface area contributed by atoms with Crippen molar-refractivity contribution in [3.05, 3.63) is 22.1 Å². The number of unbranched alkanes of at least 4 members (excludes halogenated alkanes) is 1. The maximum Gasteiger partial charge on any atom is 0.288 e. The molecule has 1 fully saturated rings. The number of nitrogens with zero attached hydrogens (tertiary/aromatic N) is 4. The molecule has 0 aromatic carbocycles. The molecule has 8 heteroatoms. The van der Waals surface area contributed by atoms with Gasteiger partial charge in [-0.25, -0.2) is 4.98 Å². The van der Waals surface area contributed by atoms with Crippen LogP contribution >= 0.6 is 11.3 Å². The van der Waals surface area contributed by atoms with Crippen molar-refractivity contribution in [2.75, 3.05) is 24.5 Å². The van der Waals surface area contributed by atoms with Gasteiger partial charge in [0.05, 0.1) is 0 Å². The van der Waals surface area contributed by atoms with Crippen molar-refractivity contribution in [1.82, 2.24) is 19.9 Å². The first-order chi connectivity index (χ1) is 11.6. The van der Waals surface area contributed by atoms with Crippen LogP contribution in [0.2, 0.25) is 0 Å². The van der Waals surface area contributed by atoms with E-state index >= 15 is 0 Å². The number of hydrogen-bond donors (Lipinski definition) is 1. The van der Waals surface area contributed by atoms with Crippen LogP contribution in [-0.2, 0) is 0 Å². The number of hydrogen-bond acceptors (Lipinski definition) is 6. The molecule has 0 radical (unpaired) electrons. The van der Waals surface area contributed by atoms with Gasteiger partial charge in [-0.3, -0.25) is 9.59 Å². The highest BCUT2D eigenvalue weighted by Gasteiger charge is 2.21. The van der Waals surface area contributed by atoms with Gasteiger partial charge < -0.3 is 10.2 Å². The van der Waals surface area contributed by atoms with Crippen molar-refractivity contribution in [3.8, 4) is 0 Å². The summed E-state index contributed by atoms with van der Waals surface area (Å²) in [6, 6.07) is 0. The van der Waals surface area contributed by atoms with Crippen LogP contribution in [0.4, 0.5) is 5.13 Å². The second kappa shape index (κ2) is 7.29. The fraction of sp³-hybridized carbons (Fsp3) is 0.625. The van der Waals surface area contributed by atoms with Crippen LogP contribution in [-0.4, -0.2) is 40.1 Å². The SMILES string of the molecule is CCCCNC(=O)c1cnc2sc(N3CCC(C)CC3)nn2c1=O. The Morgan fingerprint density at radius 2 is 2.17 bits per heavy atom. The number of aromatic nitrogens is 3. The number of carbonyl (C=O) groups is 1. The van der Waals surface area contributed by atoms with Crippen LogP contribution < -0.4 is 15.8 Å². The summed E-state index contributed by atoms with van der Waals surface area (Å²) >= 11 is 1.40. The van der Waals surface area contributed by atoms with Gasteiger partial charge in [-0.15, -0.1) is 5.10 Å². The molecule has 0 saturated carbocycles. The van der Waals surface area contributed by atoms with E-state index in [-0.39, 0.29) is 11.5 Å². The fourth-order valence-corrected chi connectivity index (χ4v) is 3.65. The van der Waals surface area contributed by atoms with Crippen molar-refractivity contribution in [3.63, 3.8) is 0 Å².